The maximum atomic E-state index is 4.80. The standard InChI is InChI=1S/C19H28BrN5/c1-6-21-19(24(4)13-16-7-9-17(20)10-8-16)22-12-11-18-14(2)23-25(5)15(18)3/h7-10H,6,11-13H2,1-5H3,(H,21,22). The summed E-state index contributed by atoms with van der Waals surface area (Å²) in [7, 11) is 4.06. The lowest BCUT2D eigenvalue weighted by molar-refractivity contribution is 0.477. The quantitative estimate of drug-likeness (QED) is 0.591. The van der Waals surface area contributed by atoms with Crippen LogP contribution in [0, 0.1) is 13.8 Å². The molecule has 0 saturated heterocycles. The smallest absolute Gasteiger partial charge is 0.193 e. The molecule has 1 aromatic heterocycles. The highest BCUT2D eigenvalue weighted by Crippen LogP contribution is 2.13. The number of benzene rings is 1. The lowest BCUT2D eigenvalue weighted by Crippen LogP contribution is -2.38. The summed E-state index contributed by atoms with van der Waals surface area (Å²) >= 11 is 3.48. The average molecular weight is 406 g/mol. The Kier molecular flexibility index (Phi) is 7.05. The highest BCUT2D eigenvalue weighted by Gasteiger charge is 2.10. The van der Waals surface area contributed by atoms with Crippen LogP contribution in [0.15, 0.2) is 33.7 Å². The van der Waals surface area contributed by atoms with Gasteiger partial charge in [-0.3, -0.25) is 9.67 Å². The first-order valence-corrected chi connectivity index (χ1v) is 9.44. The molecule has 1 heterocycles. The molecule has 25 heavy (non-hydrogen) atoms. The third-order valence-electron chi connectivity index (χ3n) is 4.31. The Bertz CT molecular complexity index is 718. The van der Waals surface area contributed by atoms with Crippen molar-refractivity contribution in [2.75, 3.05) is 20.1 Å². The van der Waals surface area contributed by atoms with E-state index >= 15 is 0 Å². The van der Waals surface area contributed by atoms with Crippen LogP contribution < -0.4 is 5.32 Å². The number of guanidine groups is 1. The SMILES string of the molecule is CCNC(=NCCc1c(C)nn(C)c1C)N(C)Cc1ccc(Br)cc1. The Hall–Kier alpha value is -1.82. The Morgan fingerprint density at radius 1 is 1.28 bits per heavy atom. The zero-order valence-electron chi connectivity index (χ0n) is 15.8. The zero-order valence-corrected chi connectivity index (χ0v) is 17.4. The summed E-state index contributed by atoms with van der Waals surface area (Å²) < 4.78 is 3.04. The number of hydrogen-bond acceptors (Lipinski definition) is 2. The van der Waals surface area contributed by atoms with Gasteiger partial charge in [-0.2, -0.15) is 5.10 Å². The van der Waals surface area contributed by atoms with Crippen molar-refractivity contribution < 1.29 is 0 Å². The minimum atomic E-state index is 0.750. The number of rotatable bonds is 6. The minimum absolute atomic E-state index is 0.750. The molecule has 0 aliphatic carbocycles. The first kappa shape index (κ1) is 19.5. The van der Waals surface area contributed by atoms with E-state index in [9.17, 15) is 0 Å². The molecule has 0 unspecified atom stereocenters. The molecule has 2 rings (SSSR count). The van der Waals surface area contributed by atoms with Gasteiger partial charge in [0.15, 0.2) is 5.96 Å². The minimum Gasteiger partial charge on any atom is -0.357 e. The van der Waals surface area contributed by atoms with E-state index in [0.29, 0.717) is 0 Å². The molecule has 0 atom stereocenters. The topological polar surface area (TPSA) is 45.5 Å². The van der Waals surface area contributed by atoms with Gasteiger partial charge in [0, 0.05) is 43.9 Å². The van der Waals surface area contributed by atoms with Crippen LogP contribution in [0.5, 0.6) is 0 Å². The zero-order chi connectivity index (χ0) is 18.4. The summed E-state index contributed by atoms with van der Waals surface area (Å²) in [4.78, 5) is 6.96. The molecule has 136 valence electrons. The van der Waals surface area contributed by atoms with Crippen molar-refractivity contribution in [3.05, 3.63) is 51.3 Å². The second-order valence-corrected chi connectivity index (χ2v) is 7.16. The number of hydrogen-bond donors (Lipinski definition) is 1. The molecule has 6 heteroatoms. The van der Waals surface area contributed by atoms with Gasteiger partial charge in [0.05, 0.1) is 5.69 Å². The van der Waals surface area contributed by atoms with Gasteiger partial charge in [-0.25, -0.2) is 0 Å². The Labute approximate surface area is 159 Å². The first-order valence-electron chi connectivity index (χ1n) is 8.65. The fourth-order valence-corrected chi connectivity index (χ4v) is 3.13. The molecule has 1 N–H and O–H groups in total. The van der Waals surface area contributed by atoms with Crippen LogP contribution in [-0.4, -0.2) is 40.8 Å². The summed E-state index contributed by atoms with van der Waals surface area (Å²) in [5.74, 6) is 0.935. The molecule has 0 aliphatic heterocycles. The predicted molar refractivity (Wildman–Crippen MR) is 108 cm³/mol. The van der Waals surface area contributed by atoms with Crippen LogP contribution in [-0.2, 0) is 20.0 Å². The number of halogens is 1. The van der Waals surface area contributed by atoms with Crippen molar-refractivity contribution in [2.45, 2.75) is 33.7 Å². The highest BCUT2D eigenvalue weighted by atomic mass is 79.9. The summed E-state index contributed by atoms with van der Waals surface area (Å²) in [6.45, 7) is 8.71. The van der Waals surface area contributed by atoms with Crippen molar-refractivity contribution >= 4 is 21.9 Å². The van der Waals surface area contributed by atoms with Gasteiger partial charge in [-0.05, 0) is 50.5 Å². The molecule has 2 aromatic rings. The van der Waals surface area contributed by atoms with Crippen LogP contribution in [0.25, 0.3) is 0 Å². The molecular formula is C19H28BrN5. The predicted octanol–water partition coefficient (Wildman–Crippen LogP) is 3.44. The number of aryl methyl sites for hydroxylation is 2. The largest absolute Gasteiger partial charge is 0.357 e. The van der Waals surface area contributed by atoms with Crippen LogP contribution in [0.4, 0.5) is 0 Å². The number of nitrogens with zero attached hydrogens (tertiary/aromatic N) is 4. The molecule has 0 radical (unpaired) electrons. The summed E-state index contributed by atoms with van der Waals surface area (Å²) in [5.41, 5.74) is 4.89. The molecule has 0 saturated carbocycles. The van der Waals surface area contributed by atoms with Crippen molar-refractivity contribution in [3.63, 3.8) is 0 Å². The lowest BCUT2D eigenvalue weighted by atomic mass is 10.1. The second-order valence-electron chi connectivity index (χ2n) is 6.24. The van der Waals surface area contributed by atoms with Gasteiger partial charge < -0.3 is 10.2 Å². The van der Waals surface area contributed by atoms with Gasteiger partial charge in [-0.1, -0.05) is 28.1 Å². The normalized spacial score (nSPS) is 11.7. The van der Waals surface area contributed by atoms with Crippen molar-refractivity contribution in [1.29, 1.82) is 0 Å². The van der Waals surface area contributed by atoms with E-state index in [1.54, 1.807) is 0 Å². The average Bonchev–Trinajstić information content (AvgIpc) is 2.82. The number of aliphatic imine (C=N–C) groups is 1. The summed E-state index contributed by atoms with van der Waals surface area (Å²) in [6.07, 6.45) is 0.909. The molecule has 0 bridgehead atoms. The first-order chi connectivity index (χ1) is 11.9. The second kappa shape index (κ2) is 9.04. The maximum absolute atomic E-state index is 4.80. The number of nitrogens with one attached hydrogen (secondary N) is 1. The van der Waals surface area contributed by atoms with E-state index in [0.717, 1.165) is 42.2 Å². The molecule has 0 amide bonds. The van der Waals surface area contributed by atoms with Gasteiger partial charge >= 0.3 is 0 Å². The van der Waals surface area contributed by atoms with E-state index in [2.05, 4.69) is 83.3 Å². The van der Waals surface area contributed by atoms with E-state index in [1.807, 2.05) is 11.7 Å². The van der Waals surface area contributed by atoms with Crippen molar-refractivity contribution in [3.8, 4) is 0 Å². The van der Waals surface area contributed by atoms with E-state index in [1.165, 1.54) is 16.8 Å². The third kappa shape index (κ3) is 5.33. The van der Waals surface area contributed by atoms with Gasteiger partial charge in [0.2, 0.25) is 0 Å². The highest BCUT2D eigenvalue weighted by molar-refractivity contribution is 9.10. The van der Waals surface area contributed by atoms with Gasteiger partial charge in [0.25, 0.3) is 0 Å². The molecule has 0 fully saturated rings. The van der Waals surface area contributed by atoms with Crippen LogP contribution >= 0.6 is 15.9 Å². The molecule has 1 aromatic carbocycles. The fourth-order valence-electron chi connectivity index (χ4n) is 2.86. The molecule has 0 spiro atoms. The summed E-state index contributed by atoms with van der Waals surface area (Å²) in [5, 5.41) is 7.86. The maximum Gasteiger partial charge on any atom is 0.193 e. The number of aromatic nitrogens is 2. The lowest BCUT2D eigenvalue weighted by Gasteiger charge is -2.22. The van der Waals surface area contributed by atoms with Gasteiger partial charge in [-0.15, -0.1) is 0 Å². The molecular weight excluding hydrogens is 378 g/mol. The molecule has 0 aliphatic rings. The van der Waals surface area contributed by atoms with Crippen molar-refractivity contribution in [1.82, 2.24) is 20.0 Å². The molecule has 5 nitrogen and oxygen atoms in total. The van der Waals surface area contributed by atoms with Crippen LogP contribution in [0.3, 0.4) is 0 Å². The monoisotopic (exact) mass is 405 g/mol. The van der Waals surface area contributed by atoms with E-state index in [4.69, 9.17) is 4.99 Å². The third-order valence-corrected chi connectivity index (χ3v) is 4.84. The fraction of sp³-hybridized carbons (Fsp3) is 0.474. The van der Waals surface area contributed by atoms with Gasteiger partial charge in [0.1, 0.15) is 0 Å². The Morgan fingerprint density at radius 2 is 1.96 bits per heavy atom. The van der Waals surface area contributed by atoms with Crippen molar-refractivity contribution in [2.24, 2.45) is 12.0 Å². The van der Waals surface area contributed by atoms with E-state index < -0.39 is 0 Å². The van der Waals surface area contributed by atoms with Crippen LogP contribution in [0.1, 0.15) is 29.4 Å². The van der Waals surface area contributed by atoms with Crippen LogP contribution in [0.2, 0.25) is 0 Å². The summed E-state index contributed by atoms with van der Waals surface area (Å²) in [6, 6.07) is 8.40. The Balaban J connectivity index is 2.02. The Morgan fingerprint density at radius 3 is 2.52 bits per heavy atom. The van der Waals surface area contributed by atoms with E-state index in [-0.39, 0.29) is 0 Å².